The van der Waals surface area contributed by atoms with E-state index in [9.17, 15) is 5.11 Å². The Morgan fingerprint density at radius 2 is 1.23 bits per heavy atom. The molecule has 182 valence electrons. The Bertz CT molecular complexity index is 1060. The summed E-state index contributed by atoms with van der Waals surface area (Å²) >= 11 is 0. The van der Waals surface area contributed by atoms with E-state index in [0.717, 1.165) is 16.7 Å². The van der Waals surface area contributed by atoms with Gasteiger partial charge in [0.25, 0.3) is 0 Å². The summed E-state index contributed by atoms with van der Waals surface area (Å²) < 4.78 is 24.3. The van der Waals surface area contributed by atoms with Gasteiger partial charge >= 0.3 is 0 Å². The lowest BCUT2D eigenvalue weighted by atomic mass is 9.96. The molecule has 8 heteroatoms. The van der Waals surface area contributed by atoms with Crippen LogP contribution in [0, 0.1) is 0 Å². The smallest absolute Gasteiger partial charge is 0.166 e. The molecule has 3 aromatic rings. The van der Waals surface area contributed by atoms with Crippen molar-refractivity contribution in [1.29, 1.82) is 0 Å². The summed E-state index contributed by atoms with van der Waals surface area (Å²) in [6, 6.07) is 28.2. The van der Waals surface area contributed by atoms with Crippen molar-refractivity contribution in [2.45, 2.75) is 50.5 Å². The molecule has 3 aromatic carbocycles. The van der Waals surface area contributed by atoms with Gasteiger partial charge < -0.3 is 24.1 Å². The third-order valence-corrected chi connectivity index (χ3v) is 5.78. The number of hydrogen-bond acceptors (Lipinski definition) is 6. The number of rotatable bonds is 11. The van der Waals surface area contributed by atoms with E-state index in [1.54, 1.807) is 0 Å². The molecule has 5 atom stereocenters. The fourth-order valence-electron chi connectivity index (χ4n) is 4.02. The van der Waals surface area contributed by atoms with Gasteiger partial charge in [0, 0.05) is 4.91 Å². The number of benzene rings is 3. The first kappa shape index (κ1) is 24.9. The first-order chi connectivity index (χ1) is 17.2. The second-order valence-electron chi connectivity index (χ2n) is 8.28. The summed E-state index contributed by atoms with van der Waals surface area (Å²) in [6.45, 7) is 1.11. The maximum absolute atomic E-state index is 10.7. The molecule has 1 N–H and O–H groups in total. The van der Waals surface area contributed by atoms with Crippen LogP contribution in [0.3, 0.4) is 0 Å². The number of hydrogen-bond donors (Lipinski definition) is 1. The fraction of sp³-hybridized carbons (Fsp3) is 0.333. The molecule has 0 saturated carbocycles. The molecule has 1 aliphatic heterocycles. The van der Waals surface area contributed by atoms with Gasteiger partial charge in [0.05, 0.1) is 26.4 Å². The molecule has 0 spiro atoms. The van der Waals surface area contributed by atoms with E-state index in [1.807, 2.05) is 91.0 Å². The van der Waals surface area contributed by atoms with E-state index in [2.05, 4.69) is 10.0 Å². The van der Waals surface area contributed by atoms with Crippen molar-refractivity contribution in [3.63, 3.8) is 0 Å². The summed E-state index contributed by atoms with van der Waals surface area (Å²) in [5, 5.41) is 14.5. The Labute approximate surface area is 204 Å². The predicted molar refractivity (Wildman–Crippen MR) is 130 cm³/mol. The molecule has 0 radical (unpaired) electrons. The van der Waals surface area contributed by atoms with Crippen LogP contribution in [-0.2, 0) is 38.8 Å². The van der Waals surface area contributed by atoms with Crippen molar-refractivity contribution >= 4 is 0 Å². The Balaban J connectivity index is 1.52. The maximum Gasteiger partial charge on any atom is 0.166 e. The maximum atomic E-state index is 10.7. The Hall–Kier alpha value is -3.23. The van der Waals surface area contributed by atoms with Crippen molar-refractivity contribution in [1.82, 2.24) is 0 Å². The average molecular weight is 476 g/mol. The van der Waals surface area contributed by atoms with E-state index >= 15 is 0 Å². The molecule has 0 aliphatic carbocycles. The van der Waals surface area contributed by atoms with Crippen LogP contribution < -0.4 is 0 Å². The fourth-order valence-corrected chi connectivity index (χ4v) is 4.02. The lowest BCUT2D eigenvalue weighted by Gasteiger charge is -2.43. The lowest BCUT2D eigenvalue weighted by molar-refractivity contribution is -0.273. The summed E-state index contributed by atoms with van der Waals surface area (Å²) in [5.74, 6) is 0. The highest BCUT2D eigenvalue weighted by atomic mass is 16.7. The van der Waals surface area contributed by atoms with Crippen LogP contribution in [0.25, 0.3) is 10.4 Å². The molecule has 4 rings (SSSR count). The van der Waals surface area contributed by atoms with Crippen LogP contribution in [0.5, 0.6) is 0 Å². The quantitative estimate of drug-likeness (QED) is 0.244. The number of azide groups is 1. The highest BCUT2D eigenvalue weighted by molar-refractivity contribution is 5.15. The van der Waals surface area contributed by atoms with Gasteiger partial charge in [0.15, 0.2) is 6.29 Å². The van der Waals surface area contributed by atoms with Gasteiger partial charge in [-0.1, -0.05) is 96.1 Å². The zero-order chi connectivity index (χ0) is 24.3. The third kappa shape index (κ3) is 7.13. The summed E-state index contributed by atoms with van der Waals surface area (Å²) in [6.07, 6.45) is -3.38. The highest BCUT2D eigenvalue weighted by Crippen LogP contribution is 2.29. The molecule has 35 heavy (non-hydrogen) atoms. The summed E-state index contributed by atoms with van der Waals surface area (Å²) in [5.41, 5.74) is 12.1. The zero-order valence-electron chi connectivity index (χ0n) is 19.3. The molecule has 0 amide bonds. The van der Waals surface area contributed by atoms with Gasteiger partial charge in [-0.15, -0.1) is 0 Å². The van der Waals surface area contributed by atoms with Crippen molar-refractivity contribution in [2.75, 3.05) is 6.61 Å². The van der Waals surface area contributed by atoms with Crippen molar-refractivity contribution in [3.8, 4) is 0 Å². The van der Waals surface area contributed by atoms with E-state index in [4.69, 9.17) is 24.5 Å². The standard InChI is InChI=1S/C27H29N3O5/c28-30-29-24-26(34-18-22-14-8-3-9-15-22)25(33-17-21-12-6-2-7-13-21)23(35-27(24)31)19-32-16-20-10-4-1-5-11-20/h1-15,23-27,31H,16-19H2/t23-,24+,25-,26+,27-/m1/s1. The molecule has 0 unspecified atom stereocenters. The monoisotopic (exact) mass is 475 g/mol. The van der Waals surface area contributed by atoms with E-state index in [1.165, 1.54) is 0 Å². The second kappa shape index (κ2) is 13.0. The number of aliphatic hydroxyl groups excluding tert-OH is 1. The number of aliphatic hydroxyl groups is 1. The van der Waals surface area contributed by atoms with Gasteiger partial charge in [-0.25, -0.2) is 0 Å². The first-order valence-electron chi connectivity index (χ1n) is 11.5. The van der Waals surface area contributed by atoms with Crippen LogP contribution >= 0.6 is 0 Å². The molecule has 8 nitrogen and oxygen atoms in total. The topological polar surface area (TPSA) is 106 Å². The lowest BCUT2D eigenvalue weighted by Crippen LogP contribution is -2.59. The molecule has 0 bridgehead atoms. The van der Waals surface area contributed by atoms with E-state index in [-0.39, 0.29) is 13.2 Å². The van der Waals surface area contributed by atoms with Crippen LogP contribution in [0.4, 0.5) is 0 Å². The molecule has 1 saturated heterocycles. The molecule has 1 fully saturated rings. The molecular formula is C27H29N3O5. The molecule has 1 aliphatic rings. The average Bonchev–Trinajstić information content (AvgIpc) is 2.90. The van der Waals surface area contributed by atoms with Crippen LogP contribution in [-0.4, -0.2) is 42.4 Å². The van der Waals surface area contributed by atoms with Gasteiger partial charge in [-0.2, -0.15) is 0 Å². The summed E-state index contributed by atoms with van der Waals surface area (Å²) in [7, 11) is 0. The van der Waals surface area contributed by atoms with Crippen LogP contribution in [0.15, 0.2) is 96.1 Å². The van der Waals surface area contributed by atoms with Gasteiger partial charge in [0.1, 0.15) is 24.4 Å². The van der Waals surface area contributed by atoms with E-state index < -0.39 is 30.6 Å². The van der Waals surface area contributed by atoms with Crippen LogP contribution in [0.1, 0.15) is 16.7 Å². The third-order valence-electron chi connectivity index (χ3n) is 5.78. The van der Waals surface area contributed by atoms with Crippen molar-refractivity contribution in [2.24, 2.45) is 5.11 Å². The zero-order valence-corrected chi connectivity index (χ0v) is 19.3. The molecule has 0 aromatic heterocycles. The number of nitrogens with zero attached hydrogens (tertiary/aromatic N) is 3. The Kier molecular flexibility index (Phi) is 9.25. The van der Waals surface area contributed by atoms with Gasteiger partial charge in [-0.3, -0.25) is 0 Å². The van der Waals surface area contributed by atoms with Crippen molar-refractivity contribution in [3.05, 3.63) is 118 Å². The number of ether oxygens (including phenoxy) is 4. The van der Waals surface area contributed by atoms with Gasteiger partial charge in [-0.05, 0) is 22.2 Å². The minimum atomic E-state index is -1.35. The SMILES string of the molecule is [N-]=[N+]=N[C@H]1[C@H](OCc2ccccc2)[C@H](OCc2ccccc2)[C@@H](COCc2ccccc2)O[C@H]1O. The Morgan fingerprint density at radius 1 is 0.743 bits per heavy atom. The largest absolute Gasteiger partial charge is 0.374 e. The van der Waals surface area contributed by atoms with Gasteiger partial charge in [0.2, 0.25) is 0 Å². The normalized spacial score (nSPS) is 24.0. The molecule has 1 heterocycles. The molecular weight excluding hydrogens is 446 g/mol. The minimum Gasteiger partial charge on any atom is -0.374 e. The second-order valence-corrected chi connectivity index (χ2v) is 8.28. The predicted octanol–water partition coefficient (Wildman–Crippen LogP) is 4.77. The minimum absolute atomic E-state index is 0.166. The van der Waals surface area contributed by atoms with Crippen molar-refractivity contribution < 1.29 is 24.1 Å². The van der Waals surface area contributed by atoms with Crippen LogP contribution in [0.2, 0.25) is 0 Å². The highest BCUT2D eigenvalue weighted by Gasteiger charge is 2.46. The van der Waals surface area contributed by atoms with E-state index in [0.29, 0.717) is 13.2 Å². The first-order valence-corrected chi connectivity index (χ1v) is 11.5. The summed E-state index contributed by atoms with van der Waals surface area (Å²) in [4.78, 5) is 2.91. The Morgan fingerprint density at radius 3 is 1.74 bits per heavy atom.